The molecule has 1 saturated heterocycles. The number of guanidine groups is 1. The van der Waals surface area contributed by atoms with E-state index in [4.69, 9.17) is 4.74 Å². The van der Waals surface area contributed by atoms with Crippen molar-refractivity contribution < 1.29 is 9.53 Å². The first-order valence-corrected chi connectivity index (χ1v) is 10.0. The van der Waals surface area contributed by atoms with Gasteiger partial charge in [0.2, 0.25) is 5.91 Å². The summed E-state index contributed by atoms with van der Waals surface area (Å²) in [5, 5.41) is 6.53. The number of likely N-dealkylation sites (N-methyl/N-ethyl adjacent to an activating group) is 1. The van der Waals surface area contributed by atoms with E-state index in [1.165, 1.54) is 6.42 Å². The average molecular weight is 497 g/mol. The molecule has 0 aromatic heterocycles. The number of likely N-dealkylation sites (tertiary alicyclic amines) is 1. The average Bonchev–Trinajstić information content (AvgIpc) is 2.62. The molecule has 0 saturated carbocycles. The smallest absolute Gasteiger partial charge is 0.224 e. The van der Waals surface area contributed by atoms with E-state index in [2.05, 4.69) is 34.5 Å². The number of halogens is 1. The third-order valence-corrected chi connectivity index (χ3v) is 4.63. The Morgan fingerprint density at radius 1 is 1.33 bits per heavy atom. The van der Waals surface area contributed by atoms with Gasteiger partial charge in [-0.25, -0.2) is 0 Å². The molecule has 1 fully saturated rings. The van der Waals surface area contributed by atoms with Crippen molar-refractivity contribution in [1.82, 2.24) is 20.4 Å². The molecule has 2 N–H and O–H groups in total. The van der Waals surface area contributed by atoms with E-state index in [-0.39, 0.29) is 29.9 Å². The van der Waals surface area contributed by atoms with Crippen molar-refractivity contribution in [2.75, 3.05) is 66.6 Å². The number of hydrogen-bond donors (Lipinski definition) is 2. The molecular weight excluding hydrogens is 457 g/mol. The van der Waals surface area contributed by atoms with E-state index in [9.17, 15) is 4.79 Å². The van der Waals surface area contributed by atoms with Crippen LogP contribution in [0.15, 0.2) is 4.99 Å². The fourth-order valence-electron chi connectivity index (χ4n) is 3.13. The number of hydrogen-bond acceptors (Lipinski definition) is 4. The maximum atomic E-state index is 12.3. The number of carbonyl (C=O) groups is 1. The third kappa shape index (κ3) is 12.5. The van der Waals surface area contributed by atoms with Gasteiger partial charge in [0.1, 0.15) is 0 Å². The zero-order valence-electron chi connectivity index (χ0n) is 17.6. The number of ether oxygens (including phenoxy) is 1. The zero-order chi connectivity index (χ0) is 19.2. The molecule has 0 aliphatic carbocycles. The molecule has 0 radical (unpaired) electrons. The molecule has 1 unspecified atom stereocenters. The number of nitrogens with zero attached hydrogens (tertiary/aromatic N) is 3. The first kappa shape index (κ1) is 26.4. The van der Waals surface area contributed by atoms with Gasteiger partial charge in [-0.15, -0.1) is 24.0 Å². The highest BCUT2D eigenvalue weighted by molar-refractivity contribution is 14.0. The van der Waals surface area contributed by atoms with Crippen LogP contribution >= 0.6 is 24.0 Å². The number of aliphatic imine (C=N–C) groups is 1. The normalized spacial score (nSPS) is 17.6. The van der Waals surface area contributed by atoms with Gasteiger partial charge in [-0.2, -0.15) is 0 Å². The highest BCUT2D eigenvalue weighted by atomic mass is 127. The van der Waals surface area contributed by atoms with Crippen molar-refractivity contribution in [3.63, 3.8) is 0 Å². The lowest BCUT2D eigenvalue weighted by molar-refractivity contribution is -0.132. The number of methoxy groups -OCH3 is 1. The van der Waals surface area contributed by atoms with Gasteiger partial charge >= 0.3 is 0 Å². The predicted molar refractivity (Wildman–Crippen MR) is 123 cm³/mol. The fourth-order valence-corrected chi connectivity index (χ4v) is 3.13. The lowest BCUT2D eigenvalue weighted by atomic mass is 10.00. The van der Waals surface area contributed by atoms with E-state index in [1.54, 1.807) is 7.11 Å². The van der Waals surface area contributed by atoms with Gasteiger partial charge in [0.15, 0.2) is 5.96 Å². The number of piperidine rings is 1. The monoisotopic (exact) mass is 497 g/mol. The van der Waals surface area contributed by atoms with Crippen LogP contribution in [0, 0.1) is 5.92 Å². The van der Waals surface area contributed by atoms with Gasteiger partial charge in [-0.1, -0.05) is 6.92 Å². The number of amides is 1. The molecule has 1 rings (SSSR count). The van der Waals surface area contributed by atoms with Crippen molar-refractivity contribution in [1.29, 1.82) is 0 Å². The summed E-state index contributed by atoms with van der Waals surface area (Å²) in [7, 11) is 3.83. The summed E-state index contributed by atoms with van der Waals surface area (Å²) in [6.07, 6.45) is 3.92. The Kier molecular flexibility index (Phi) is 16.0. The van der Waals surface area contributed by atoms with Gasteiger partial charge in [0, 0.05) is 59.4 Å². The van der Waals surface area contributed by atoms with Crippen LogP contribution in [0.1, 0.15) is 39.5 Å². The topological polar surface area (TPSA) is 69.2 Å². The van der Waals surface area contributed by atoms with E-state index >= 15 is 0 Å². The summed E-state index contributed by atoms with van der Waals surface area (Å²) in [6.45, 7) is 11.0. The van der Waals surface area contributed by atoms with E-state index in [0.717, 1.165) is 64.7 Å². The molecule has 1 aliphatic rings. The Morgan fingerprint density at radius 2 is 2.11 bits per heavy atom. The van der Waals surface area contributed by atoms with Crippen molar-refractivity contribution in [2.45, 2.75) is 39.5 Å². The van der Waals surface area contributed by atoms with Crippen LogP contribution < -0.4 is 10.6 Å². The van der Waals surface area contributed by atoms with Crippen LogP contribution in [0.4, 0.5) is 0 Å². The standard InChI is InChI=1S/C19H39N5O2.HI/c1-5-20-19(22-11-14-23(3)12-7-15-26-4)21-10-9-18(25)24-13-6-8-17(2)16-24;/h17H,5-16H2,1-4H3,(H2,20,21,22);1H. The van der Waals surface area contributed by atoms with Crippen LogP contribution in [0.5, 0.6) is 0 Å². The SMILES string of the molecule is CCNC(=NCCN(C)CCCOC)NCCC(=O)N1CCCC(C)C1.I. The summed E-state index contributed by atoms with van der Waals surface area (Å²) >= 11 is 0. The predicted octanol–water partition coefficient (Wildman–Crippen LogP) is 1.78. The Hall–Kier alpha value is -0.610. The summed E-state index contributed by atoms with van der Waals surface area (Å²) in [4.78, 5) is 21.2. The maximum Gasteiger partial charge on any atom is 0.224 e. The highest BCUT2D eigenvalue weighted by Gasteiger charge is 2.20. The zero-order valence-corrected chi connectivity index (χ0v) is 20.0. The van der Waals surface area contributed by atoms with E-state index in [1.807, 2.05) is 11.8 Å². The molecule has 0 spiro atoms. The quantitative estimate of drug-likeness (QED) is 0.197. The molecule has 1 atom stereocenters. The summed E-state index contributed by atoms with van der Waals surface area (Å²) in [6, 6.07) is 0. The summed E-state index contributed by atoms with van der Waals surface area (Å²) in [5.74, 6) is 1.66. The molecule has 160 valence electrons. The highest BCUT2D eigenvalue weighted by Crippen LogP contribution is 2.15. The second-order valence-electron chi connectivity index (χ2n) is 7.17. The molecule has 7 nitrogen and oxygen atoms in total. The number of rotatable bonds is 11. The van der Waals surface area contributed by atoms with Crippen LogP contribution in [-0.2, 0) is 9.53 Å². The molecule has 27 heavy (non-hydrogen) atoms. The first-order valence-electron chi connectivity index (χ1n) is 10.0. The molecule has 8 heteroatoms. The molecule has 1 aliphatic heterocycles. The van der Waals surface area contributed by atoms with Crippen LogP contribution in [0.2, 0.25) is 0 Å². The minimum absolute atomic E-state index is 0. The van der Waals surface area contributed by atoms with E-state index < -0.39 is 0 Å². The summed E-state index contributed by atoms with van der Waals surface area (Å²) in [5.41, 5.74) is 0. The van der Waals surface area contributed by atoms with Gasteiger partial charge in [-0.3, -0.25) is 9.79 Å². The Balaban J connectivity index is 0.00000676. The number of carbonyl (C=O) groups excluding carboxylic acids is 1. The minimum Gasteiger partial charge on any atom is -0.385 e. The van der Waals surface area contributed by atoms with Crippen molar-refractivity contribution in [3.05, 3.63) is 0 Å². The van der Waals surface area contributed by atoms with E-state index in [0.29, 0.717) is 18.9 Å². The molecule has 1 heterocycles. The second kappa shape index (κ2) is 16.4. The van der Waals surface area contributed by atoms with Crippen molar-refractivity contribution in [3.8, 4) is 0 Å². The van der Waals surface area contributed by atoms with Crippen molar-refractivity contribution >= 4 is 35.8 Å². The molecule has 1 amide bonds. The first-order chi connectivity index (χ1) is 12.6. The van der Waals surface area contributed by atoms with Gasteiger partial charge in [0.05, 0.1) is 6.54 Å². The number of nitrogens with one attached hydrogen (secondary N) is 2. The second-order valence-corrected chi connectivity index (χ2v) is 7.17. The van der Waals surface area contributed by atoms with Crippen LogP contribution in [-0.4, -0.2) is 88.2 Å². The Labute approximate surface area is 182 Å². The van der Waals surface area contributed by atoms with Crippen molar-refractivity contribution in [2.24, 2.45) is 10.9 Å². The third-order valence-electron chi connectivity index (χ3n) is 4.63. The molecular formula is C19H40IN5O2. The molecule has 0 bridgehead atoms. The maximum absolute atomic E-state index is 12.3. The van der Waals surface area contributed by atoms with Crippen LogP contribution in [0.25, 0.3) is 0 Å². The van der Waals surface area contributed by atoms with Gasteiger partial charge in [0.25, 0.3) is 0 Å². The Bertz CT molecular complexity index is 423. The van der Waals surface area contributed by atoms with Gasteiger partial charge < -0.3 is 25.2 Å². The largest absolute Gasteiger partial charge is 0.385 e. The van der Waals surface area contributed by atoms with Crippen LogP contribution in [0.3, 0.4) is 0 Å². The lowest BCUT2D eigenvalue weighted by Gasteiger charge is -2.31. The minimum atomic E-state index is 0. The Morgan fingerprint density at radius 3 is 2.78 bits per heavy atom. The molecule has 0 aromatic carbocycles. The molecule has 0 aromatic rings. The summed E-state index contributed by atoms with van der Waals surface area (Å²) < 4.78 is 5.07. The fraction of sp³-hybridized carbons (Fsp3) is 0.895. The lowest BCUT2D eigenvalue weighted by Crippen LogP contribution is -2.42. The van der Waals surface area contributed by atoms with Gasteiger partial charge in [-0.05, 0) is 39.2 Å².